The second-order valence-electron chi connectivity index (χ2n) is 2.72. The van der Waals surface area contributed by atoms with Crippen molar-refractivity contribution in [3.63, 3.8) is 0 Å². The minimum Gasteiger partial charge on any atom is -0.368 e. The Kier molecular flexibility index (Phi) is 2.13. The van der Waals surface area contributed by atoms with Crippen LogP contribution in [-0.4, -0.2) is 19.9 Å². The summed E-state index contributed by atoms with van der Waals surface area (Å²) in [6.45, 7) is 0. The number of aromatic nitrogens is 4. The lowest BCUT2D eigenvalue weighted by Gasteiger charge is -1.99. The van der Waals surface area contributed by atoms with Crippen molar-refractivity contribution >= 4 is 5.95 Å². The molecule has 0 unspecified atom stereocenters. The Hall–Kier alpha value is -2.31. The molecule has 0 aliphatic rings. The molecule has 3 N–H and O–H groups in total. The summed E-state index contributed by atoms with van der Waals surface area (Å²) in [7, 11) is 0. The van der Waals surface area contributed by atoms with Gasteiger partial charge in [0.1, 0.15) is 11.5 Å². The number of nitrogens with one attached hydrogen (secondary N) is 1. The zero-order valence-electron chi connectivity index (χ0n) is 7.44. The summed E-state index contributed by atoms with van der Waals surface area (Å²) in [5.41, 5.74) is 4.98. The Morgan fingerprint density at radius 3 is 2.73 bits per heavy atom. The van der Waals surface area contributed by atoms with E-state index in [-0.39, 0.29) is 11.8 Å². The summed E-state index contributed by atoms with van der Waals surface area (Å²) in [5.74, 6) is -0.462. The summed E-state index contributed by atoms with van der Waals surface area (Å²) in [6, 6.07) is 2.59. The van der Waals surface area contributed by atoms with E-state index >= 15 is 0 Å². The highest BCUT2D eigenvalue weighted by Gasteiger charge is 2.04. The molecule has 0 atom stereocenters. The quantitative estimate of drug-likeness (QED) is 0.683. The first kappa shape index (κ1) is 9.25. The molecule has 0 saturated carbocycles. The number of nitrogen functional groups attached to an aromatic ring is 1. The van der Waals surface area contributed by atoms with E-state index in [0.717, 1.165) is 6.20 Å². The number of anilines is 1. The standard InChI is InChI=1S/C8H6FN5O/c9-4-1-2-5(11-3-4)6-12-7(10)14-8(15)13-6/h1-3H,(H3,10,12,13,14,15). The van der Waals surface area contributed by atoms with Crippen molar-refractivity contribution in [2.75, 3.05) is 5.73 Å². The van der Waals surface area contributed by atoms with Crippen molar-refractivity contribution in [1.29, 1.82) is 0 Å². The van der Waals surface area contributed by atoms with Gasteiger partial charge in [-0.1, -0.05) is 0 Å². The first-order chi connectivity index (χ1) is 7.15. The molecule has 0 spiro atoms. The van der Waals surface area contributed by atoms with Gasteiger partial charge < -0.3 is 5.73 Å². The number of nitrogens with two attached hydrogens (primary N) is 1. The molecule has 0 amide bonds. The molecule has 6 nitrogen and oxygen atoms in total. The molecule has 0 saturated heterocycles. The maximum absolute atomic E-state index is 12.6. The molecule has 2 aromatic rings. The Morgan fingerprint density at radius 2 is 2.13 bits per heavy atom. The third-order valence-corrected chi connectivity index (χ3v) is 1.64. The molecule has 0 radical (unpaired) electrons. The van der Waals surface area contributed by atoms with E-state index in [4.69, 9.17) is 5.73 Å². The van der Waals surface area contributed by atoms with E-state index < -0.39 is 11.5 Å². The highest BCUT2D eigenvalue weighted by atomic mass is 19.1. The highest BCUT2D eigenvalue weighted by molar-refractivity contribution is 5.49. The predicted octanol–water partition coefficient (Wildman–Crippen LogP) is -0.0518. The lowest BCUT2D eigenvalue weighted by molar-refractivity contribution is 0.621. The van der Waals surface area contributed by atoms with Crippen LogP contribution in [0, 0.1) is 5.82 Å². The number of halogens is 1. The minimum absolute atomic E-state index is 0.153. The van der Waals surface area contributed by atoms with Crippen molar-refractivity contribution in [3.05, 3.63) is 34.6 Å². The van der Waals surface area contributed by atoms with Gasteiger partial charge in [-0.15, -0.1) is 0 Å². The van der Waals surface area contributed by atoms with Crippen LogP contribution in [0.3, 0.4) is 0 Å². The molecular weight excluding hydrogens is 201 g/mol. The van der Waals surface area contributed by atoms with E-state index in [1.807, 2.05) is 0 Å². The monoisotopic (exact) mass is 207 g/mol. The lowest BCUT2D eigenvalue weighted by Crippen LogP contribution is -2.15. The van der Waals surface area contributed by atoms with Gasteiger partial charge in [0, 0.05) is 0 Å². The SMILES string of the molecule is Nc1nc(-c2ccc(F)cn2)[nH]c(=O)n1. The molecule has 0 aliphatic heterocycles. The Balaban J connectivity index is 2.54. The van der Waals surface area contributed by atoms with Crippen molar-refractivity contribution in [1.82, 2.24) is 19.9 Å². The number of hydrogen-bond donors (Lipinski definition) is 2. The number of pyridine rings is 1. The largest absolute Gasteiger partial charge is 0.368 e. The molecular formula is C8H6FN5O. The number of H-pyrrole nitrogens is 1. The van der Waals surface area contributed by atoms with Gasteiger partial charge in [0.25, 0.3) is 0 Å². The average molecular weight is 207 g/mol. The van der Waals surface area contributed by atoms with E-state index in [2.05, 4.69) is 19.9 Å². The van der Waals surface area contributed by atoms with Crippen molar-refractivity contribution in [2.24, 2.45) is 0 Å². The van der Waals surface area contributed by atoms with Crippen LogP contribution in [-0.2, 0) is 0 Å². The minimum atomic E-state index is -0.622. The second-order valence-corrected chi connectivity index (χ2v) is 2.72. The predicted molar refractivity (Wildman–Crippen MR) is 50.3 cm³/mol. The molecule has 2 heterocycles. The van der Waals surface area contributed by atoms with Gasteiger partial charge in [0.15, 0.2) is 5.82 Å². The summed E-state index contributed by atoms with van der Waals surface area (Å²) in [5, 5.41) is 0. The molecule has 0 aliphatic carbocycles. The molecule has 0 fully saturated rings. The molecule has 2 aromatic heterocycles. The molecule has 0 aromatic carbocycles. The smallest absolute Gasteiger partial charge is 0.349 e. The number of hydrogen-bond acceptors (Lipinski definition) is 5. The zero-order chi connectivity index (χ0) is 10.8. The summed E-state index contributed by atoms with van der Waals surface area (Å²) in [4.78, 5) is 24.1. The van der Waals surface area contributed by atoms with Crippen LogP contribution in [0.25, 0.3) is 11.5 Å². The fraction of sp³-hybridized carbons (Fsp3) is 0. The van der Waals surface area contributed by atoms with Gasteiger partial charge in [0.05, 0.1) is 6.20 Å². The molecule has 15 heavy (non-hydrogen) atoms. The number of aromatic amines is 1. The fourth-order valence-corrected chi connectivity index (χ4v) is 1.04. The van der Waals surface area contributed by atoms with Crippen molar-refractivity contribution < 1.29 is 4.39 Å². The van der Waals surface area contributed by atoms with Gasteiger partial charge in [-0.25, -0.2) is 14.2 Å². The third-order valence-electron chi connectivity index (χ3n) is 1.64. The van der Waals surface area contributed by atoms with Gasteiger partial charge in [-0.3, -0.25) is 4.98 Å². The fourth-order valence-electron chi connectivity index (χ4n) is 1.04. The average Bonchev–Trinajstić information content (AvgIpc) is 2.17. The van der Waals surface area contributed by atoms with Crippen LogP contribution in [0.1, 0.15) is 0 Å². The van der Waals surface area contributed by atoms with E-state index in [0.29, 0.717) is 5.69 Å². The van der Waals surface area contributed by atoms with Crippen LogP contribution in [0.5, 0.6) is 0 Å². The van der Waals surface area contributed by atoms with E-state index in [1.165, 1.54) is 12.1 Å². The van der Waals surface area contributed by atoms with Gasteiger partial charge >= 0.3 is 5.69 Å². The van der Waals surface area contributed by atoms with E-state index in [9.17, 15) is 9.18 Å². The van der Waals surface area contributed by atoms with Gasteiger partial charge in [-0.2, -0.15) is 9.97 Å². The van der Waals surface area contributed by atoms with Crippen molar-refractivity contribution in [3.8, 4) is 11.5 Å². The Bertz CT molecular complexity index is 535. The topological polar surface area (TPSA) is 97.5 Å². The van der Waals surface area contributed by atoms with Gasteiger partial charge in [-0.05, 0) is 12.1 Å². The first-order valence-corrected chi connectivity index (χ1v) is 4.01. The summed E-state index contributed by atoms with van der Waals surface area (Å²) >= 11 is 0. The molecule has 7 heteroatoms. The maximum Gasteiger partial charge on any atom is 0.349 e. The van der Waals surface area contributed by atoms with Crippen LogP contribution in [0.15, 0.2) is 23.1 Å². The molecule has 0 bridgehead atoms. The maximum atomic E-state index is 12.6. The summed E-state index contributed by atoms with van der Waals surface area (Å²) in [6.07, 6.45) is 1.02. The Morgan fingerprint density at radius 1 is 1.33 bits per heavy atom. The highest BCUT2D eigenvalue weighted by Crippen LogP contribution is 2.09. The van der Waals surface area contributed by atoms with Crippen LogP contribution >= 0.6 is 0 Å². The lowest BCUT2D eigenvalue weighted by atomic mass is 10.3. The normalized spacial score (nSPS) is 10.2. The molecule has 76 valence electrons. The van der Waals surface area contributed by atoms with E-state index in [1.54, 1.807) is 0 Å². The number of nitrogens with zero attached hydrogens (tertiary/aromatic N) is 3. The van der Waals surface area contributed by atoms with Crippen LogP contribution in [0.2, 0.25) is 0 Å². The van der Waals surface area contributed by atoms with Crippen molar-refractivity contribution in [2.45, 2.75) is 0 Å². The first-order valence-electron chi connectivity index (χ1n) is 4.01. The number of rotatable bonds is 1. The second kappa shape index (κ2) is 3.45. The Labute approximate surface area is 83.0 Å². The van der Waals surface area contributed by atoms with Gasteiger partial charge in [0.2, 0.25) is 5.95 Å². The zero-order valence-corrected chi connectivity index (χ0v) is 7.44. The van der Waals surface area contributed by atoms with Crippen LogP contribution < -0.4 is 11.4 Å². The third kappa shape index (κ3) is 1.96. The molecule has 2 rings (SSSR count). The van der Waals surface area contributed by atoms with Crippen LogP contribution in [0.4, 0.5) is 10.3 Å². The summed E-state index contributed by atoms with van der Waals surface area (Å²) < 4.78 is 12.6.